The predicted octanol–water partition coefficient (Wildman–Crippen LogP) is 4.59. The molecule has 4 rings (SSSR count). The van der Waals surface area contributed by atoms with E-state index in [-0.39, 0.29) is 5.82 Å². The maximum atomic E-state index is 13.1. The summed E-state index contributed by atoms with van der Waals surface area (Å²) in [5.74, 6) is 0.264. The van der Waals surface area contributed by atoms with E-state index in [0.717, 1.165) is 22.6 Å². The van der Waals surface area contributed by atoms with Gasteiger partial charge in [-0.15, -0.1) is 5.10 Å². The molecule has 0 spiro atoms. The summed E-state index contributed by atoms with van der Waals surface area (Å²) < 4.78 is 14.9. The summed E-state index contributed by atoms with van der Waals surface area (Å²) in [6.45, 7) is 2.04. The van der Waals surface area contributed by atoms with E-state index in [9.17, 15) is 4.39 Å². The molecule has 0 aliphatic carbocycles. The van der Waals surface area contributed by atoms with Crippen molar-refractivity contribution < 1.29 is 4.39 Å². The van der Waals surface area contributed by atoms with Crippen molar-refractivity contribution in [1.29, 1.82) is 0 Å². The lowest BCUT2D eigenvalue weighted by Crippen LogP contribution is -1.95. The number of aryl methyl sites for hydroxylation is 1. The third kappa shape index (κ3) is 2.72. The molecule has 0 saturated heterocycles. The zero-order valence-electron chi connectivity index (χ0n) is 13.1. The molecule has 0 amide bonds. The first-order valence-corrected chi connectivity index (χ1v) is 7.64. The lowest BCUT2D eigenvalue weighted by molar-refractivity contribution is 0.628. The number of pyridine rings is 1. The maximum absolute atomic E-state index is 13.1. The average Bonchev–Trinajstić information content (AvgIpc) is 3.00. The van der Waals surface area contributed by atoms with Gasteiger partial charge in [-0.25, -0.2) is 8.91 Å². The second-order valence-corrected chi connectivity index (χ2v) is 5.61. The summed E-state index contributed by atoms with van der Waals surface area (Å²) in [5.41, 5.74) is 4.60. The monoisotopic (exact) mass is 318 g/mol. The van der Waals surface area contributed by atoms with E-state index in [1.54, 1.807) is 16.6 Å². The molecule has 2 aromatic carbocycles. The van der Waals surface area contributed by atoms with Crippen LogP contribution < -0.4 is 5.32 Å². The summed E-state index contributed by atoms with van der Waals surface area (Å²) in [6, 6.07) is 20.1. The number of nitrogens with zero attached hydrogens (tertiary/aromatic N) is 3. The molecule has 0 atom stereocenters. The molecule has 0 radical (unpaired) electrons. The Morgan fingerprint density at radius 1 is 0.917 bits per heavy atom. The number of anilines is 2. The molecule has 1 N–H and O–H groups in total. The van der Waals surface area contributed by atoms with Gasteiger partial charge >= 0.3 is 0 Å². The molecule has 0 unspecified atom stereocenters. The van der Waals surface area contributed by atoms with E-state index in [0.29, 0.717) is 5.95 Å². The number of nitrogens with one attached hydrogen (secondary N) is 1. The Kier molecular flexibility index (Phi) is 3.46. The van der Waals surface area contributed by atoms with Crippen molar-refractivity contribution in [3.05, 3.63) is 78.1 Å². The third-order valence-electron chi connectivity index (χ3n) is 3.81. The first kappa shape index (κ1) is 14.4. The van der Waals surface area contributed by atoms with Gasteiger partial charge in [0.05, 0.1) is 5.69 Å². The molecule has 5 heteroatoms. The van der Waals surface area contributed by atoms with Gasteiger partial charge < -0.3 is 5.32 Å². The number of hydrogen-bond acceptors (Lipinski definition) is 3. The Morgan fingerprint density at radius 3 is 2.42 bits per heavy atom. The van der Waals surface area contributed by atoms with Crippen molar-refractivity contribution in [2.75, 3.05) is 5.32 Å². The van der Waals surface area contributed by atoms with Gasteiger partial charge in [0.1, 0.15) is 5.82 Å². The number of benzene rings is 2. The summed E-state index contributed by atoms with van der Waals surface area (Å²) in [5, 5.41) is 7.74. The van der Waals surface area contributed by atoms with Crippen molar-refractivity contribution in [2.24, 2.45) is 0 Å². The Balaban J connectivity index is 1.74. The first-order valence-electron chi connectivity index (χ1n) is 7.64. The quantitative estimate of drug-likeness (QED) is 0.601. The van der Waals surface area contributed by atoms with Gasteiger partial charge in [-0.3, -0.25) is 0 Å². The van der Waals surface area contributed by atoms with Gasteiger partial charge in [0, 0.05) is 11.3 Å². The topological polar surface area (TPSA) is 42.2 Å². The zero-order chi connectivity index (χ0) is 16.5. The second kappa shape index (κ2) is 5.77. The third-order valence-corrected chi connectivity index (χ3v) is 3.81. The second-order valence-electron chi connectivity index (χ2n) is 5.61. The highest BCUT2D eigenvalue weighted by atomic mass is 19.1. The van der Waals surface area contributed by atoms with Crippen molar-refractivity contribution in [3.63, 3.8) is 0 Å². The molecule has 0 fully saturated rings. The predicted molar refractivity (Wildman–Crippen MR) is 92.8 cm³/mol. The highest BCUT2D eigenvalue weighted by Crippen LogP contribution is 2.22. The fourth-order valence-corrected chi connectivity index (χ4v) is 2.56. The minimum absolute atomic E-state index is 0.258. The van der Waals surface area contributed by atoms with Crippen LogP contribution >= 0.6 is 0 Å². The van der Waals surface area contributed by atoms with Crippen LogP contribution in [0.15, 0.2) is 66.7 Å². The van der Waals surface area contributed by atoms with Crippen LogP contribution in [-0.4, -0.2) is 14.6 Å². The molecule has 0 saturated carbocycles. The summed E-state index contributed by atoms with van der Waals surface area (Å²) in [7, 11) is 0. The Morgan fingerprint density at radius 2 is 1.67 bits per heavy atom. The largest absolute Gasteiger partial charge is 0.323 e. The lowest BCUT2D eigenvalue weighted by Gasteiger charge is -2.04. The number of halogens is 1. The van der Waals surface area contributed by atoms with Crippen molar-refractivity contribution in [3.8, 4) is 11.3 Å². The molecule has 2 aromatic heterocycles. The summed E-state index contributed by atoms with van der Waals surface area (Å²) in [4.78, 5) is 4.50. The number of hydrogen-bond donors (Lipinski definition) is 1. The average molecular weight is 318 g/mol. The van der Waals surface area contributed by atoms with E-state index >= 15 is 0 Å². The van der Waals surface area contributed by atoms with E-state index in [2.05, 4.69) is 15.4 Å². The van der Waals surface area contributed by atoms with Crippen LogP contribution in [0.3, 0.4) is 0 Å². The summed E-state index contributed by atoms with van der Waals surface area (Å²) >= 11 is 0. The van der Waals surface area contributed by atoms with Gasteiger partial charge in [-0.2, -0.15) is 4.98 Å². The standard InChI is InChI=1S/C19H15FN4/c1-13-5-11-16(12-6-13)21-19-22-18-4-2-3-17(24(18)23-19)14-7-9-15(20)10-8-14/h2-12H,1H3,(H,21,23). The van der Waals surface area contributed by atoms with E-state index < -0.39 is 0 Å². The van der Waals surface area contributed by atoms with Crippen molar-refractivity contribution in [2.45, 2.75) is 6.92 Å². The van der Waals surface area contributed by atoms with Gasteiger partial charge in [0.25, 0.3) is 0 Å². The first-order chi connectivity index (χ1) is 11.7. The molecular weight excluding hydrogens is 303 g/mol. The van der Waals surface area contributed by atoms with Crippen LogP contribution in [0.4, 0.5) is 16.0 Å². The molecular formula is C19H15FN4. The minimum atomic E-state index is -0.258. The Labute approximate surface area is 138 Å². The van der Waals surface area contributed by atoms with Crippen LogP contribution in [0.1, 0.15) is 5.56 Å². The fraction of sp³-hybridized carbons (Fsp3) is 0.0526. The van der Waals surface area contributed by atoms with E-state index in [1.807, 2.05) is 49.4 Å². The van der Waals surface area contributed by atoms with Gasteiger partial charge in [-0.05, 0) is 55.5 Å². The molecule has 4 aromatic rings. The lowest BCUT2D eigenvalue weighted by atomic mass is 10.1. The molecule has 0 aliphatic rings. The Hall–Kier alpha value is -3.21. The SMILES string of the molecule is Cc1ccc(Nc2nc3cccc(-c4ccc(F)cc4)n3n2)cc1. The van der Waals surface area contributed by atoms with Crippen LogP contribution in [-0.2, 0) is 0 Å². The zero-order valence-corrected chi connectivity index (χ0v) is 13.1. The van der Waals surface area contributed by atoms with Crippen LogP contribution in [0, 0.1) is 12.7 Å². The Bertz CT molecular complexity index is 988. The normalized spacial score (nSPS) is 10.9. The molecule has 118 valence electrons. The highest BCUT2D eigenvalue weighted by Gasteiger charge is 2.09. The van der Waals surface area contributed by atoms with E-state index in [1.165, 1.54) is 17.7 Å². The van der Waals surface area contributed by atoms with Gasteiger partial charge in [0.15, 0.2) is 5.65 Å². The maximum Gasteiger partial charge on any atom is 0.247 e. The molecule has 24 heavy (non-hydrogen) atoms. The van der Waals surface area contributed by atoms with Crippen LogP contribution in [0.25, 0.3) is 16.9 Å². The smallest absolute Gasteiger partial charge is 0.247 e. The van der Waals surface area contributed by atoms with E-state index in [4.69, 9.17) is 0 Å². The van der Waals surface area contributed by atoms with Crippen LogP contribution in [0.2, 0.25) is 0 Å². The van der Waals surface area contributed by atoms with Crippen LogP contribution in [0.5, 0.6) is 0 Å². The molecule has 4 nitrogen and oxygen atoms in total. The van der Waals surface area contributed by atoms with Crippen molar-refractivity contribution in [1.82, 2.24) is 14.6 Å². The number of aromatic nitrogens is 3. The summed E-state index contributed by atoms with van der Waals surface area (Å²) in [6.07, 6.45) is 0. The fourth-order valence-electron chi connectivity index (χ4n) is 2.56. The minimum Gasteiger partial charge on any atom is -0.323 e. The molecule has 2 heterocycles. The van der Waals surface area contributed by atoms with Gasteiger partial charge in [-0.1, -0.05) is 23.8 Å². The number of fused-ring (bicyclic) bond motifs is 1. The van der Waals surface area contributed by atoms with Gasteiger partial charge in [0.2, 0.25) is 5.95 Å². The number of rotatable bonds is 3. The molecule has 0 aliphatic heterocycles. The highest BCUT2D eigenvalue weighted by molar-refractivity contribution is 5.64. The molecule has 0 bridgehead atoms. The van der Waals surface area contributed by atoms with Crippen molar-refractivity contribution >= 4 is 17.3 Å².